The molecule has 0 spiro atoms. The molecule has 0 bridgehead atoms. The SMILES string of the molecule is CCc1cccc(C)c1NC(=O)COc1ccc2oc3ccccc3c2c1. The lowest BCUT2D eigenvalue weighted by Gasteiger charge is -2.13. The molecular formula is C23H21NO3. The summed E-state index contributed by atoms with van der Waals surface area (Å²) < 4.78 is 11.5. The van der Waals surface area contributed by atoms with Crippen LogP contribution < -0.4 is 10.1 Å². The van der Waals surface area contributed by atoms with Gasteiger partial charge in [-0.1, -0.05) is 43.3 Å². The van der Waals surface area contributed by atoms with Gasteiger partial charge < -0.3 is 14.5 Å². The Hall–Kier alpha value is -3.27. The van der Waals surface area contributed by atoms with Crippen molar-refractivity contribution in [2.24, 2.45) is 0 Å². The molecule has 3 aromatic carbocycles. The van der Waals surface area contributed by atoms with Crippen molar-refractivity contribution >= 4 is 33.5 Å². The molecule has 0 atom stereocenters. The van der Waals surface area contributed by atoms with Crippen LogP contribution in [0.5, 0.6) is 5.75 Å². The monoisotopic (exact) mass is 359 g/mol. The maximum atomic E-state index is 12.4. The highest BCUT2D eigenvalue weighted by Gasteiger charge is 2.11. The first-order chi connectivity index (χ1) is 13.2. The quantitative estimate of drug-likeness (QED) is 0.514. The zero-order valence-corrected chi connectivity index (χ0v) is 15.4. The second kappa shape index (κ2) is 7.16. The van der Waals surface area contributed by atoms with E-state index in [0.717, 1.165) is 45.2 Å². The highest BCUT2D eigenvalue weighted by atomic mass is 16.5. The van der Waals surface area contributed by atoms with Crippen LogP contribution in [-0.2, 0) is 11.2 Å². The molecule has 1 N–H and O–H groups in total. The van der Waals surface area contributed by atoms with Gasteiger partial charge in [0, 0.05) is 16.5 Å². The third kappa shape index (κ3) is 3.38. The predicted molar refractivity (Wildman–Crippen MR) is 108 cm³/mol. The second-order valence-electron chi connectivity index (χ2n) is 6.56. The Kier molecular flexibility index (Phi) is 4.55. The topological polar surface area (TPSA) is 51.5 Å². The average molecular weight is 359 g/mol. The van der Waals surface area contributed by atoms with Crippen LogP contribution in [-0.4, -0.2) is 12.5 Å². The minimum Gasteiger partial charge on any atom is -0.484 e. The first-order valence-corrected chi connectivity index (χ1v) is 9.08. The standard InChI is InChI=1S/C23H21NO3/c1-3-16-8-6-7-15(2)23(16)24-22(25)14-26-17-11-12-21-19(13-17)18-9-4-5-10-20(18)27-21/h4-13H,3,14H2,1-2H3,(H,24,25). The fourth-order valence-electron chi connectivity index (χ4n) is 3.32. The van der Waals surface area contributed by atoms with Crippen LogP contribution in [0.2, 0.25) is 0 Å². The lowest BCUT2D eigenvalue weighted by molar-refractivity contribution is -0.118. The summed E-state index contributed by atoms with van der Waals surface area (Å²) in [6.45, 7) is 4.03. The number of amides is 1. The molecule has 1 amide bonds. The van der Waals surface area contributed by atoms with E-state index in [2.05, 4.69) is 12.2 Å². The van der Waals surface area contributed by atoms with Gasteiger partial charge in [0.15, 0.2) is 6.61 Å². The van der Waals surface area contributed by atoms with Gasteiger partial charge in [-0.05, 0) is 48.7 Å². The third-order valence-corrected chi connectivity index (χ3v) is 4.72. The number of benzene rings is 3. The Balaban J connectivity index is 1.50. The lowest BCUT2D eigenvalue weighted by Crippen LogP contribution is -2.21. The molecule has 4 aromatic rings. The zero-order chi connectivity index (χ0) is 18.8. The van der Waals surface area contributed by atoms with E-state index in [1.807, 2.05) is 67.6 Å². The van der Waals surface area contributed by atoms with Crippen molar-refractivity contribution in [1.29, 1.82) is 0 Å². The molecule has 0 saturated heterocycles. The number of furan rings is 1. The number of fused-ring (bicyclic) bond motifs is 3. The minimum absolute atomic E-state index is 0.0429. The summed E-state index contributed by atoms with van der Waals surface area (Å²) in [7, 11) is 0. The van der Waals surface area contributed by atoms with Crippen LogP contribution in [0.4, 0.5) is 5.69 Å². The van der Waals surface area contributed by atoms with Crippen LogP contribution >= 0.6 is 0 Å². The molecule has 0 aliphatic carbocycles. The van der Waals surface area contributed by atoms with Crippen molar-refractivity contribution in [3.63, 3.8) is 0 Å². The van der Waals surface area contributed by atoms with Gasteiger partial charge in [-0.25, -0.2) is 0 Å². The number of hydrogen-bond acceptors (Lipinski definition) is 3. The van der Waals surface area contributed by atoms with Gasteiger partial charge in [-0.2, -0.15) is 0 Å². The van der Waals surface area contributed by atoms with Gasteiger partial charge in [0.1, 0.15) is 16.9 Å². The maximum Gasteiger partial charge on any atom is 0.262 e. The van der Waals surface area contributed by atoms with Crippen molar-refractivity contribution in [3.8, 4) is 5.75 Å². The number of carbonyl (C=O) groups excluding carboxylic acids is 1. The summed E-state index contributed by atoms with van der Waals surface area (Å²) in [6.07, 6.45) is 0.863. The number of anilines is 1. The first kappa shape index (κ1) is 17.2. The molecule has 4 heteroatoms. The van der Waals surface area contributed by atoms with Gasteiger partial charge in [0.05, 0.1) is 0 Å². The van der Waals surface area contributed by atoms with Crippen molar-refractivity contribution in [2.75, 3.05) is 11.9 Å². The molecule has 27 heavy (non-hydrogen) atoms. The molecular weight excluding hydrogens is 338 g/mol. The molecule has 136 valence electrons. The zero-order valence-electron chi connectivity index (χ0n) is 15.4. The number of ether oxygens (including phenoxy) is 1. The Labute approximate surface area is 157 Å². The van der Waals surface area contributed by atoms with E-state index in [0.29, 0.717) is 5.75 Å². The normalized spacial score (nSPS) is 11.0. The van der Waals surface area contributed by atoms with E-state index in [1.165, 1.54) is 0 Å². The van der Waals surface area contributed by atoms with E-state index in [-0.39, 0.29) is 12.5 Å². The van der Waals surface area contributed by atoms with Gasteiger partial charge in [-0.15, -0.1) is 0 Å². The smallest absolute Gasteiger partial charge is 0.262 e. The molecule has 1 aromatic heterocycles. The fourth-order valence-corrected chi connectivity index (χ4v) is 3.32. The first-order valence-electron chi connectivity index (χ1n) is 9.08. The summed E-state index contributed by atoms with van der Waals surface area (Å²) >= 11 is 0. The number of rotatable bonds is 5. The van der Waals surface area contributed by atoms with E-state index < -0.39 is 0 Å². The number of hydrogen-bond donors (Lipinski definition) is 1. The molecule has 0 radical (unpaired) electrons. The van der Waals surface area contributed by atoms with E-state index >= 15 is 0 Å². The number of nitrogens with one attached hydrogen (secondary N) is 1. The molecule has 0 aliphatic rings. The Morgan fingerprint density at radius 2 is 1.81 bits per heavy atom. The summed E-state index contributed by atoms with van der Waals surface area (Å²) in [5.41, 5.74) is 4.70. The van der Waals surface area contributed by atoms with E-state index in [9.17, 15) is 4.79 Å². The molecule has 4 rings (SSSR count). The van der Waals surface area contributed by atoms with Gasteiger partial charge in [0.2, 0.25) is 0 Å². The Morgan fingerprint density at radius 1 is 1.00 bits per heavy atom. The maximum absolute atomic E-state index is 12.4. The Bertz CT molecular complexity index is 1130. The molecule has 0 saturated carbocycles. The largest absolute Gasteiger partial charge is 0.484 e. The summed E-state index contributed by atoms with van der Waals surface area (Å²) in [5, 5.41) is 5.00. The van der Waals surface area contributed by atoms with Gasteiger partial charge in [-0.3, -0.25) is 4.79 Å². The van der Waals surface area contributed by atoms with Crippen LogP contribution in [0.15, 0.2) is 65.1 Å². The van der Waals surface area contributed by atoms with E-state index in [1.54, 1.807) is 0 Å². The number of carbonyl (C=O) groups is 1. The molecule has 1 heterocycles. The van der Waals surface area contributed by atoms with Gasteiger partial charge in [0.25, 0.3) is 5.91 Å². The third-order valence-electron chi connectivity index (χ3n) is 4.72. The van der Waals surface area contributed by atoms with Crippen molar-refractivity contribution in [2.45, 2.75) is 20.3 Å². The van der Waals surface area contributed by atoms with Crippen molar-refractivity contribution in [1.82, 2.24) is 0 Å². The molecule has 0 unspecified atom stereocenters. The van der Waals surface area contributed by atoms with Crippen molar-refractivity contribution < 1.29 is 13.9 Å². The Morgan fingerprint density at radius 3 is 2.67 bits per heavy atom. The molecule has 4 nitrogen and oxygen atoms in total. The average Bonchev–Trinajstić information content (AvgIpc) is 3.06. The van der Waals surface area contributed by atoms with E-state index in [4.69, 9.17) is 9.15 Å². The van der Waals surface area contributed by atoms with Crippen LogP contribution in [0, 0.1) is 6.92 Å². The number of aryl methyl sites for hydroxylation is 2. The van der Waals surface area contributed by atoms with Crippen molar-refractivity contribution in [3.05, 3.63) is 71.8 Å². The van der Waals surface area contributed by atoms with Crippen LogP contribution in [0.25, 0.3) is 21.9 Å². The lowest BCUT2D eigenvalue weighted by atomic mass is 10.1. The highest BCUT2D eigenvalue weighted by Crippen LogP contribution is 2.31. The minimum atomic E-state index is -0.170. The van der Waals surface area contributed by atoms with Gasteiger partial charge >= 0.3 is 0 Å². The highest BCUT2D eigenvalue weighted by molar-refractivity contribution is 6.05. The van der Waals surface area contributed by atoms with Crippen LogP contribution in [0.3, 0.4) is 0 Å². The number of para-hydroxylation sites is 2. The second-order valence-corrected chi connectivity index (χ2v) is 6.56. The summed E-state index contributed by atoms with van der Waals surface area (Å²) in [4.78, 5) is 12.4. The molecule has 0 aliphatic heterocycles. The predicted octanol–water partition coefficient (Wildman–Crippen LogP) is 5.47. The summed E-state index contributed by atoms with van der Waals surface area (Å²) in [5.74, 6) is 0.473. The van der Waals surface area contributed by atoms with Crippen LogP contribution in [0.1, 0.15) is 18.1 Å². The summed E-state index contributed by atoms with van der Waals surface area (Å²) in [6, 6.07) is 19.5. The molecule has 0 fully saturated rings. The fraction of sp³-hybridized carbons (Fsp3) is 0.174.